The highest BCUT2D eigenvalue weighted by Gasteiger charge is 2.28. The number of fused-ring (bicyclic) bond motifs is 1. The van der Waals surface area contributed by atoms with Crippen LogP contribution in [-0.4, -0.2) is 35.4 Å². The maximum absolute atomic E-state index is 11.4. The average molecular weight is 559 g/mol. The summed E-state index contributed by atoms with van der Waals surface area (Å²) in [5, 5.41) is 5.23. The van der Waals surface area contributed by atoms with Crippen LogP contribution < -0.4 is 16.0 Å². The van der Waals surface area contributed by atoms with Gasteiger partial charge in [0.1, 0.15) is 5.82 Å². The maximum Gasteiger partial charge on any atom is 0.153 e. The second kappa shape index (κ2) is 10.6. The lowest BCUT2D eigenvalue weighted by molar-refractivity contribution is 0.112. The van der Waals surface area contributed by atoms with Gasteiger partial charge >= 0.3 is 0 Å². The van der Waals surface area contributed by atoms with Gasteiger partial charge < -0.3 is 16.0 Å². The van der Waals surface area contributed by atoms with E-state index in [1.807, 2.05) is 24.5 Å². The number of nitrogens with two attached hydrogens (primary N) is 1. The van der Waals surface area contributed by atoms with E-state index in [1.54, 1.807) is 12.1 Å². The van der Waals surface area contributed by atoms with E-state index in [9.17, 15) is 4.79 Å². The van der Waals surface area contributed by atoms with Gasteiger partial charge in [0.15, 0.2) is 6.29 Å². The molecular weight excluding hydrogens is 529 g/mol. The molecule has 39 heavy (non-hydrogen) atoms. The molecule has 3 N–H and O–H groups in total. The first-order valence-electron chi connectivity index (χ1n) is 13.2. The van der Waals surface area contributed by atoms with Crippen molar-refractivity contribution in [2.24, 2.45) is 11.7 Å². The first kappa shape index (κ1) is 25.8. The number of nitrogens with zero attached hydrogens (tertiary/aromatic N) is 3. The summed E-state index contributed by atoms with van der Waals surface area (Å²) in [5.41, 5.74) is 12.9. The summed E-state index contributed by atoms with van der Waals surface area (Å²) >= 11 is 12.7. The molecule has 8 heteroatoms. The molecule has 1 aliphatic carbocycles. The number of anilines is 3. The molecule has 1 saturated heterocycles. The Morgan fingerprint density at radius 1 is 0.974 bits per heavy atom. The van der Waals surface area contributed by atoms with E-state index in [2.05, 4.69) is 35.0 Å². The molecule has 2 fully saturated rings. The molecule has 6 rings (SSSR count). The van der Waals surface area contributed by atoms with Gasteiger partial charge in [-0.3, -0.25) is 9.78 Å². The number of benzene rings is 2. The summed E-state index contributed by atoms with van der Waals surface area (Å²) in [4.78, 5) is 23.2. The number of pyridine rings is 2. The number of aldehydes is 1. The molecule has 1 saturated carbocycles. The first-order valence-corrected chi connectivity index (χ1v) is 14.0. The summed E-state index contributed by atoms with van der Waals surface area (Å²) in [6, 6.07) is 14.0. The van der Waals surface area contributed by atoms with Crippen LogP contribution >= 0.6 is 23.2 Å². The van der Waals surface area contributed by atoms with Crippen molar-refractivity contribution in [2.75, 3.05) is 23.3 Å². The number of carbonyl (C=O) groups excluding carboxylic acids is 1. The average Bonchev–Trinajstić information content (AvgIpc) is 3.79. The number of nitrogens with one attached hydrogen (secondary N) is 1. The third-order valence-electron chi connectivity index (χ3n) is 7.70. The Bertz CT molecular complexity index is 1550. The number of rotatable bonds is 7. The summed E-state index contributed by atoms with van der Waals surface area (Å²) < 4.78 is 0. The van der Waals surface area contributed by atoms with Crippen LogP contribution in [0.2, 0.25) is 10.0 Å². The van der Waals surface area contributed by atoms with Crippen molar-refractivity contribution in [3.63, 3.8) is 0 Å². The van der Waals surface area contributed by atoms with E-state index in [0.717, 1.165) is 89.1 Å². The van der Waals surface area contributed by atoms with Gasteiger partial charge in [-0.15, -0.1) is 0 Å². The minimum atomic E-state index is 0.278. The zero-order valence-corrected chi connectivity index (χ0v) is 23.0. The lowest BCUT2D eigenvalue weighted by atomic mass is 9.97. The number of piperidine rings is 1. The predicted molar refractivity (Wildman–Crippen MR) is 161 cm³/mol. The third kappa shape index (κ3) is 5.24. The molecule has 0 atom stereocenters. The lowest BCUT2D eigenvalue weighted by Gasteiger charge is -2.31. The van der Waals surface area contributed by atoms with Crippen molar-refractivity contribution in [1.82, 2.24) is 9.97 Å². The Hall–Kier alpha value is -3.45. The van der Waals surface area contributed by atoms with Crippen molar-refractivity contribution in [2.45, 2.75) is 31.7 Å². The van der Waals surface area contributed by atoms with Crippen molar-refractivity contribution >= 4 is 63.2 Å². The van der Waals surface area contributed by atoms with Crippen LogP contribution in [0.3, 0.4) is 0 Å². The van der Waals surface area contributed by atoms with E-state index >= 15 is 0 Å². The van der Waals surface area contributed by atoms with E-state index in [0.29, 0.717) is 27.8 Å². The second-order valence-electron chi connectivity index (χ2n) is 10.4. The molecule has 2 aliphatic rings. The van der Waals surface area contributed by atoms with Crippen LogP contribution in [0.25, 0.3) is 27.6 Å². The first-order chi connectivity index (χ1) is 18.9. The molecule has 1 aliphatic heterocycles. The van der Waals surface area contributed by atoms with Crippen molar-refractivity contribution < 1.29 is 4.79 Å². The zero-order valence-electron chi connectivity index (χ0n) is 21.5. The number of halogens is 2. The third-order valence-corrected chi connectivity index (χ3v) is 8.32. The van der Waals surface area contributed by atoms with E-state index < -0.39 is 0 Å². The number of hydrogen-bond acceptors (Lipinski definition) is 6. The summed E-state index contributed by atoms with van der Waals surface area (Å²) in [7, 11) is 0. The van der Waals surface area contributed by atoms with Gasteiger partial charge in [-0.05, 0) is 84.7 Å². The smallest absolute Gasteiger partial charge is 0.153 e. The Labute approximate surface area is 237 Å². The normalized spacial score (nSPS) is 15.9. The standard InChI is InChI=1S/C31H29Cl2N5O/c1-18(19-2-3-19)25-16-35-29-6-4-20(21-13-27(32)26(17-39)28(33)14-21)12-24(29)31(25)37-23-5-7-30(36-15-23)38-10-8-22(34)9-11-38/h4-7,12-17,19,22H,1-3,8-11,34H2,(H,35,37). The van der Waals surface area contributed by atoms with Crippen LogP contribution in [0, 0.1) is 5.92 Å². The summed E-state index contributed by atoms with van der Waals surface area (Å²) in [5.74, 6) is 1.44. The van der Waals surface area contributed by atoms with Crippen LogP contribution in [0.5, 0.6) is 0 Å². The molecule has 6 nitrogen and oxygen atoms in total. The van der Waals surface area contributed by atoms with Gasteiger partial charge in [-0.2, -0.15) is 0 Å². The van der Waals surface area contributed by atoms with E-state index in [4.69, 9.17) is 38.9 Å². The molecule has 0 spiro atoms. The Balaban J connectivity index is 1.40. The minimum Gasteiger partial charge on any atom is -0.357 e. The van der Waals surface area contributed by atoms with Gasteiger partial charge in [-0.1, -0.05) is 35.8 Å². The summed E-state index contributed by atoms with van der Waals surface area (Å²) in [6.45, 7) is 6.26. The van der Waals surface area contributed by atoms with Crippen LogP contribution in [0.4, 0.5) is 17.2 Å². The molecular formula is C31H29Cl2N5O. The fourth-order valence-corrected chi connectivity index (χ4v) is 5.76. The number of allylic oxidation sites excluding steroid dienone is 1. The second-order valence-corrected chi connectivity index (χ2v) is 11.2. The number of hydrogen-bond donors (Lipinski definition) is 2. The Morgan fingerprint density at radius 3 is 2.36 bits per heavy atom. The highest BCUT2D eigenvalue weighted by molar-refractivity contribution is 6.39. The molecule has 0 unspecified atom stereocenters. The number of carbonyl (C=O) groups is 1. The molecule has 2 aromatic heterocycles. The van der Waals surface area contributed by atoms with E-state index in [1.165, 1.54) is 0 Å². The van der Waals surface area contributed by atoms with Gasteiger partial charge in [0, 0.05) is 36.3 Å². The largest absolute Gasteiger partial charge is 0.357 e. The molecule has 3 heterocycles. The van der Waals surface area contributed by atoms with Crippen LogP contribution in [0.1, 0.15) is 41.6 Å². The molecule has 0 radical (unpaired) electrons. The van der Waals surface area contributed by atoms with Crippen molar-refractivity contribution in [3.8, 4) is 11.1 Å². The monoisotopic (exact) mass is 557 g/mol. The maximum atomic E-state index is 11.4. The minimum absolute atomic E-state index is 0.278. The van der Waals surface area contributed by atoms with Gasteiger partial charge in [0.25, 0.3) is 0 Å². The molecule has 0 bridgehead atoms. The fraction of sp³-hybridized carbons (Fsp3) is 0.258. The lowest BCUT2D eigenvalue weighted by Crippen LogP contribution is -2.40. The van der Waals surface area contributed by atoms with Crippen LogP contribution in [0.15, 0.2) is 61.4 Å². The van der Waals surface area contributed by atoms with Gasteiger partial charge in [-0.25, -0.2) is 4.98 Å². The molecule has 0 amide bonds. The van der Waals surface area contributed by atoms with Crippen molar-refractivity contribution in [3.05, 3.63) is 82.6 Å². The Kier molecular flexibility index (Phi) is 7.02. The van der Waals surface area contributed by atoms with Gasteiger partial charge in [0.05, 0.1) is 38.7 Å². The topological polar surface area (TPSA) is 84.1 Å². The van der Waals surface area contributed by atoms with Crippen LogP contribution in [-0.2, 0) is 0 Å². The molecule has 198 valence electrons. The highest BCUT2D eigenvalue weighted by atomic mass is 35.5. The zero-order chi connectivity index (χ0) is 27.1. The highest BCUT2D eigenvalue weighted by Crippen LogP contribution is 2.45. The van der Waals surface area contributed by atoms with Gasteiger partial charge in [0.2, 0.25) is 0 Å². The Morgan fingerprint density at radius 2 is 1.72 bits per heavy atom. The fourth-order valence-electron chi connectivity index (χ4n) is 5.19. The predicted octanol–water partition coefficient (Wildman–Crippen LogP) is 7.51. The van der Waals surface area contributed by atoms with Crippen molar-refractivity contribution in [1.29, 1.82) is 0 Å². The van der Waals surface area contributed by atoms with E-state index in [-0.39, 0.29) is 6.04 Å². The quantitative estimate of drug-likeness (QED) is 0.229. The number of aromatic nitrogens is 2. The molecule has 4 aromatic rings. The summed E-state index contributed by atoms with van der Waals surface area (Å²) in [6.07, 6.45) is 8.72. The molecule has 2 aromatic carbocycles. The SMILES string of the molecule is C=C(c1cnc2ccc(-c3cc(Cl)c(C=O)c(Cl)c3)cc2c1Nc1ccc(N2CCC(N)CC2)nc1)C1CC1.